The maximum absolute atomic E-state index is 13.0. The summed E-state index contributed by atoms with van der Waals surface area (Å²) in [5.41, 5.74) is 1.68. The van der Waals surface area contributed by atoms with Gasteiger partial charge in [0.05, 0.1) is 14.2 Å². The summed E-state index contributed by atoms with van der Waals surface area (Å²) in [7, 11) is 3.26. The molecule has 4 heteroatoms. The SMILES string of the molecule is CCCCCCC(C)(C)c1cc(OC)c(C(=O)NC2CCCCC2)c(OC)c1. The highest BCUT2D eigenvalue weighted by Gasteiger charge is 2.27. The van der Waals surface area contributed by atoms with Crippen LogP contribution in [0.4, 0.5) is 0 Å². The molecule has 158 valence electrons. The van der Waals surface area contributed by atoms with Gasteiger partial charge in [0, 0.05) is 6.04 Å². The van der Waals surface area contributed by atoms with Crippen LogP contribution >= 0.6 is 0 Å². The molecule has 1 saturated carbocycles. The Kier molecular flexibility index (Phi) is 8.65. The fraction of sp³-hybridized carbons (Fsp3) is 0.708. The van der Waals surface area contributed by atoms with E-state index in [4.69, 9.17) is 9.47 Å². The molecule has 0 saturated heterocycles. The molecule has 1 aliphatic rings. The standard InChI is InChI=1S/C24H39NO3/c1-6-7-8-12-15-24(2,3)18-16-20(27-4)22(21(17-18)28-5)23(26)25-19-13-10-9-11-14-19/h16-17,19H,6-15H2,1-5H3,(H,25,26). The largest absolute Gasteiger partial charge is 0.496 e. The Morgan fingerprint density at radius 2 is 1.64 bits per heavy atom. The number of ether oxygens (including phenoxy) is 2. The number of carbonyl (C=O) groups excluding carboxylic acids is 1. The molecule has 0 heterocycles. The molecule has 1 amide bonds. The Balaban J connectivity index is 2.23. The highest BCUT2D eigenvalue weighted by molar-refractivity contribution is 6.00. The third-order valence-corrected chi connectivity index (χ3v) is 6.11. The Labute approximate surface area is 171 Å². The van der Waals surface area contributed by atoms with Gasteiger partial charge in [0.2, 0.25) is 0 Å². The number of nitrogens with one attached hydrogen (secondary N) is 1. The van der Waals surface area contributed by atoms with Crippen molar-refractivity contribution in [1.82, 2.24) is 5.32 Å². The van der Waals surface area contributed by atoms with Crippen LogP contribution in [0, 0.1) is 0 Å². The first-order chi connectivity index (χ1) is 13.4. The summed E-state index contributed by atoms with van der Waals surface area (Å²) in [5.74, 6) is 1.11. The third kappa shape index (κ3) is 5.89. The van der Waals surface area contributed by atoms with Gasteiger partial charge in [-0.1, -0.05) is 65.7 Å². The first-order valence-electron chi connectivity index (χ1n) is 11.0. The number of amides is 1. The monoisotopic (exact) mass is 389 g/mol. The van der Waals surface area contributed by atoms with E-state index in [1.807, 2.05) is 12.1 Å². The van der Waals surface area contributed by atoms with Gasteiger partial charge in [-0.25, -0.2) is 0 Å². The van der Waals surface area contributed by atoms with Crippen LogP contribution in [-0.2, 0) is 5.41 Å². The van der Waals surface area contributed by atoms with E-state index in [0.717, 1.165) is 24.8 Å². The average Bonchev–Trinajstić information content (AvgIpc) is 2.70. The normalized spacial score (nSPS) is 15.3. The molecule has 1 aromatic rings. The summed E-state index contributed by atoms with van der Waals surface area (Å²) in [6, 6.07) is 4.31. The number of hydrogen-bond donors (Lipinski definition) is 1. The summed E-state index contributed by atoms with van der Waals surface area (Å²) in [6.45, 7) is 6.75. The lowest BCUT2D eigenvalue weighted by Crippen LogP contribution is -2.36. The Bertz CT molecular complexity index is 608. The smallest absolute Gasteiger partial charge is 0.259 e. The van der Waals surface area contributed by atoms with Crippen molar-refractivity contribution >= 4 is 5.91 Å². The minimum atomic E-state index is -0.0899. The van der Waals surface area contributed by atoms with Gasteiger partial charge in [-0.05, 0) is 42.4 Å². The third-order valence-electron chi connectivity index (χ3n) is 6.11. The van der Waals surface area contributed by atoms with Crippen molar-refractivity contribution in [3.8, 4) is 11.5 Å². The van der Waals surface area contributed by atoms with Crippen molar-refractivity contribution in [2.45, 2.75) is 96.4 Å². The van der Waals surface area contributed by atoms with Gasteiger partial charge in [0.15, 0.2) is 0 Å². The Hall–Kier alpha value is -1.71. The molecule has 1 fully saturated rings. The lowest BCUT2D eigenvalue weighted by molar-refractivity contribution is 0.0921. The van der Waals surface area contributed by atoms with Crippen LogP contribution in [0.15, 0.2) is 12.1 Å². The molecule has 0 radical (unpaired) electrons. The predicted octanol–water partition coefficient (Wildman–Crippen LogP) is 6.01. The van der Waals surface area contributed by atoms with Crippen LogP contribution in [-0.4, -0.2) is 26.2 Å². The zero-order valence-electron chi connectivity index (χ0n) is 18.5. The number of rotatable bonds is 10. The quantitative estimate of drug-likeness (QED) is 0.498. The fourth-order valence-corrected chi connectivity index (χ4v) is 4.17. The highest BCUT2D eigenvalue weighted by atomic mass is 16.5. The van der Waals surface area contributed by atoms with Crippen LogP contribution in [0.2, 0.25) is 0 Å². The second kappa shape index (κ2) is 10.7. The van der Waals surface area contributed by atoms with E-state index in [1.165, 1.54) is 44.9 Å². The maximum Gasteiger partial charge on any atom is 0.259 e. The minimum absolute atomic E-state index is 0.00662. The van der Waals surface area contributed by atoms with Crippen LogP contribution in [0.3, 0.4) is 0 Å². The molecule has 1 aliphatic carbocycles. The summed E-state index contributed by atoms with van der Waals surface area (Å²) in [5, 5.41) is 3.19. The van der Waals surface area contributed by atoms with Crippen molar-refractivity contribution in [1.29, 1.82) is 0 Å². The number of hydrogen-bond acceptors (Lipinski definition) is 3. The van der Waals surface area contributed by atoms with Crippen LogP contribution in [0.25, 0.3) is 0 Å². The van der Waals surface area contributed by atoms with Crippen molar-refractivity contribution in [2.75, 3.05) is 14.2 Å². The fourth-order valence-electron chi connectivity index (χ4n) is 4.17. The molecule has 0 atom stereocenters. The summed E-state index contributed by atoms with van der Waals surface area (Å²) in [4.78, 5) is 13.0. The zero-order valence-corrected chi connectivity index (χ0v) is 18.5. The van der Waals surface area contributed by atoms with E-state index in [2.05, 4.69) is 26.1 Å². The van der Waals surface area contributed by atoms with Gasteiger partial charge in [-0.2, -0.15) is 0 Å². The minimum Gasteiger partial charge on any atom is -0.496 e. The Morgan fingerprint density at radius 3 is 2.18 bits per heavy atom. The maximum atomic E-state index is 13.0. The first kappa shape index (κ1) is 22.6. The molecule has 4 nitrogen and oxygen atoms in total. The van der Waals surface area contributed by atoms with Gasteiger partial charge in [-0.3, -0.25) is 4.79 Å². The topological polar surface area (TPSA) is 47.6 Å². The second-order valence-electron chi connectivity index (χ2n) is 8.76. The van der Waals surface area contributed by atoms with E-state index in [9.17, 15) is 4.79 Å². The number of benzene rings is 1. The van der Waals surface area contributed by atoms with Crippen molar-refractivity contribution in [3.05, 3.63) is 23.3 Å². The molecule has 2 rings (SSSR count). The number of unbranched alkanes of at least 4 members (excludes halogenated alkanes) is 3. The number of carbonyl (C=O) groups is 1. The number of methoxy groups -OCH3 is 2. The summed E-state index contributed by atoms with van der Waals surface area (Å²) < 4.78 is 11.3. The molecule has 0 aliphatic heterocycles. The molecule has 1 N–H and O–H groups in total. The van der Waals surface area contributed by atoms with Gasteiger partial charge < -0.3 is 14.8 Å². The zero-order chi connectivity index (χ0) is 20.6. The van der Waals surface area contributed by atoms with Crippen molar-refractivity contribution in [2.24, 2.45) is 0 Å². The second-order valence-corrected chi connectivity index (χ2v) is 8.76. The van der Waals surface area contributed by atoms with E-state index >= 15 is 0 Å². The van der Waals surface area contributed by atoms with Crippen LogP contribution < -0.4 is 14.8 Å². The molecule has 28 heavy (non-hydrogen) atoms. The molecule has 1 aromatic carbocycles. The first-order valence-corrected chi connectivity index (χ1v) is 11.0. The van der Waals surface area contributed by atoms with Gasteiger partial charge >= 0.3 is 0 Å². The molecule has 0 spiro atoms. The van der Waals surface area contributed by atoms with E-state index in [-0.39, 0.29) is 17.4 Å². The molecule has 0 aromatic heterocycles. The van der Waals surface area contributed by atoms with E-state index < -0.39 is 0 Å². The predicted molar refractivity (Wildman–Crippen MR) is 116 cm³/mol. The summed E-state index contributed by atoms with van der Waals surface area (Å²) >= 11 is 0. The highest BCUT2D eigenvalue weighted by Crippen LogP contribution is 2.38. The summed E-state index contributed by atoms with van der Waals surface area (Å²) in [6.07, 6.45) is 11.8. The average molecular weight is 390 g/mol. The van der Waals surface area contributed by atoms with E-state index in [0.29, 0.717) is 17.1 Å². The van der Waals surface area contributed by atoms with Crippen molar-refractivity contribution < 1.29 is 14.3 Å². The van der Waals surface area contributed by atoms with Gasteiger partial charge in [0.1, 0.15) is 17.1 Å². The van der Waals surface area contributed by atoms with Crippen molar-refractivity contribution in [3.63, 3.8) is 0 Å². The lowest BCUT2D eigenvalue weighted by atomic mass is 9.79. The van der Waals surface area contributed by atoms with Gasteiger partial charge in [0.25, 0.3) is 5.91 Å². The Morgan fingerprint density at radius 1 is 1.04 bits per heavy atom. The molecule has 0 bridgehead atoms. The lowest BCUT2D eigenvalue weighted by Gasteiger charge is -2.28. The molecular weight excluding hydrogens is 350 g/mol. The van der Waals surface area contributed by atoms with Crippen LogP contribution in [0.5, 0.6) is 11.5 Å². The van der Waals surface area contributed by atoms with Gasteiger partial charge in [-0.15, -0.1) is 0 Å². The molecule has 0 unspecified atom stereocenters. The van der Waals surface area contributed by atoms with Crippen LogP contribution in [0.1, 0.15) is 101 Å². The molecular formula is C24H39NO3. The van der Waals surface area contributed by atoms with E-state index in [1.54, 1.807) is 14.2 Å².